The van der Waals surface area contributed by atoms with E-state index in [0.717, 1.165) is 38.9 Å². The van der Waals surface area contributed by atoms with Crippen LogP contribution >= 0.6 is 0 Å². The molecular formula is C18H25NO2. The van der Waals surface area contributed by atoms with Crippen LogP contribution in [0.1, 0.15) is 31.7 Å². The van der Waals surface area contributed by atoms with Crippen molar-refractivity contribution >= 4 is 12.0 Å². The highest BCUT2D eigenvalue weighted by Gasteiger charge is 2.25. The van der Waals surface area contributed by atoms with Gasteiger partial charge in [-0.1, -0.05) is 42.5 Å². The minimum absolute atomic E-state index is 0.0128. The van der Waals surface area contributed by atoms with E-state index in [9.17, 15) is 4.79 Å². The first-order chi connectivity index (χ1) is 10.3. The van der Waals surface area contributed by atoms with Crippen LogP contribution in [-0.4, -0.2) is 37.1 Å². The van der Waals surface area contributed by atoms with E-state index < -0.39 is 0 Å². The molecule has 0 amide bonds. The number of benzene rings is 1. The minimum atomic E-state index is -0.0128. The fourth-order valence-electron chi connectivity index (χ4n) is 2.69. The van der Waals surface area contributed by atoms with Gasteiger partial charge in [-0.3, -0.25) is 4.79 Å². The Kier molecular flexibility index (Phi) is 6.48. The molecule has 21 heavy (non-hydrogen) atoms. The molecule has 0 spiro atoms. The molecule has 1 saturated heterocycles. The zero-order chi connectivity index (χ0) is 14.9. The summed E-state index contributed by atoms with van der Waals surface area (Å²) in [6.45, 7) is 5.43. The molecular weight excluding hydrogens is 262 g/mol. The highest BCUT2D eigenvalue weighted by atomic mass is 16.5. The van der Waals surface area contributed by atoms with E-state index >= 15 is 0 Å². The van der Waals surface area contributed by atoms with Crippen LogP contribution in [0.25, 0.3) is 6.08 Å². The summed E-state index contributed by atoms with van der Waals surface area (Å²) in [4.78, 5) is 14.1. The lowest BCUT2D eigenvalue weighted by atomic mass is 9.97. The molecule has 0 radical (unpaired) electrons. The molecule has 1 aliphatic rings. The van der Waals surface area contributed by atoms with Crippen molar-refractivity contribution in [2.45, 2.75) is 26.2 Å². The van der Waals surface area contributed by atoms with Gasteiger partial charge in [-0.15, -0.1) is 0 Å². The summed E-state index contributed by atoms with van der Waals surface area (Å²) in [5.74, 6) is 0.0992. The van der Waals surface area contributed by atoms with Crippen LogP contribution in [0.4, 0.5) is 0 Å². The van der Waals surface area contributed by atoms with Crippen molar-refractivity contribution < 1.29 is 9.53 Å². The Labute approximate surface area is 127 Å². The fourth-order valence-corrected chi connectivity index (χ4v) is 2.69. The molecule has 3 heteroatoms. The van der Waals surface area contributed by atoms with E-state index in [1.54, 1.807) is 0 Å². The quantitative estimate of drug-likeness (QED) is 0.751. The SMILES string of the molecule is CCOC(=O)C1CCN(CCC=Cc2ccccc2)CC1. The molecule has 1 aromatic rings. The maximum Gasteiger partial charge on any atom is 0.309 e. The monoisotopic (exact) mass is 287 g/mol. The zero-order valence-electron chi connectivity index (χ0n) is 12.8. The molecule has 2 rings (SSSR count). The summed E-state index contributed by atoms with van der Waals surface area (Å²) in [6.07, 6.45) is 7.32. The van der Waals surface area contributed by atoms with Gasteiger partial charge in [-0.25, -0.2) is 0 Å². The third-order valence-corrected chi connectivity index (χ3v) is 3.93. The van der Waals surface area contributed by atoms with E-state index in [-0.39, 0.29) is 11.9 Å². The van der Waals surface area contributed by atoms with Crippen LogP contribution in [0, 0.1) is 5.92 Å². The van der Waals surface area contributed by atoms with Crippen LogP contribution < -0.4 is 0 Å². The summed E-state index contributed by atoms with van der Waals surface area (Å²) in [5.41, 5.74) is 1.25. The van der Waals surface area contributed by atoms with Crippen molar-refractivity contribution in [1.82, 2.24) is 4.90 Å². The number of esters is 1. The van der Waals surface area contributed by atoms with Gasteiger partial charge in [0.15, 0.2) is 0 Å². The average Bonchev–Trinajstić information content (AvgIpc) is 2.53. The number of rotatable bonds is 6. The van der Waals surface area contributed by atoms with Crippen LogP contribution in [0.2, 0.25) is 0 Å². The molecule has 3 nitrogen and oxygen atoms in total. The number of likely N-dealkylation sites (tertiary alicyclic amines) is 1. The van der Waals surface area contributed by atoms with E-state index in [4.69, 9.17) is 4.74 Å². The molecule has 114 valence electrons. The Morgan fingerprint density at radius 2 is 2.00 bits per heavy atom. The molecule has 0 aliphatic carbocycles. The van der Waals surface area contributed by atoms with Crippen LogP contribution in [0.3, 0.4) is 0 Å². The van der Waals surface area contributed by atoms with Crippen molar-refractivity contribution in [3.8, 4) is 0 Å². The Hall–Kier alpha value is -1.61. The Balaban J connectivity index is 1.65. The number of ether oxygens (including phenoxy) is 1. The molecule has 1 aliphatic heterocycles. The zero-order valence-corrected chi connectivity index (χ0v) is 12.8. The highest BCUT2D eigenvalue weighted by molar-refractivity contribution is 5.72. The van der Waals surface area contributed by atoms with Crippen molar-refractivity contribution in [3.63, 3.8) is 0 Å². The maximum atomic E-state index is 11.7. The van der Waals surface area contributed by atoms with Gasteiger partial charge >= 0.3 is 5.97 Å². The lowest BCUT2D eigenvalue weighted by molar-refractivity contribution is -0.149. The first kappa shape index (κ1) is 15.8. The predicted molar refractivity (Wildman–Crippen MR) is 85.9 cm³/mol. The first-order valence-corrected chi connectivity index (χ1v) is 7.90. The van der Waals surface area contributed by atoms with Crippen LogP contribution in [-0.2, 0) is 9.53 Å². The van der Waals surface area contributed by atoms with Gasteiger partial charge in [0, 0.05) is 6.54 Å². The number of piperidine rings is 1. The second-order valence-electron chi connectivity index (χ2n) is 5.47. The van der Waals surface area contributed by atoms with Crippen molar-refractivity contribution in [3.05, 3.63) is 42.0 Å². The third-order valence-electron chi connectivity index (χ3n) is 3.93. The molecule has 0 unspecified atom stereocenters. The molecule has 0 bridgehead atoms. The molecule has 1 fully saturated rings. The lowest BCUT2D eigenvalue weighted by Crippen LogP contribution is -2.37. The number of carbonyl (C=O) groups excluding carboxylic acids is 1. The predicted octanol–water partition coefficient (Wildman–Crippen LogP) is 3.37. The smallest absolute Gasteiger partial charge is 0.309 e. The Morgan fingerprint density at radius 3 is 2.67 bits per heavy atom. The third kappa shape index (κ3) is 5.35. The van der Waals surface area contributed by atoms with Gasteiger partial charge in [0.1, 0.15) is 0 Å². The van der Waals surface area contributed by atoms with Gasteiger partial charge < -0.3 is 9.64 Å². The summed E-state index contributed by atoms with van der Waals surface area (Å²) < 4.78 is 5.10. The first-order valence-electron chi connectivity index (χ1n) is 7.90. The second-order valence-corrected chi connectivity index (χ2v) is 5.47. The van der Waals surface area contributed by atoms with Crippen LogP contribution in [0.5, 0.6) is 0 Å². The number of carbonyl (C=O) groups is 1. The summed E-state index contributed by atoms with van der Waals surface area (Å²) in [6, 6.07) is 10.4. The normalized spacial score (nSPS) is 17.2. The van der Waals surface area contributed by atoms with E-state index in [0.29, 0.717) is 6.61 Å². The topological polar surface area (TPSA) is 29.5 Å². The minimum Gasteiger partial charge on any atom is -0.466 e. The largest absolute Gasteiger partial charge is 0.466 e. The van der Waals surface area contributed by atoms with Gasteiger partial charge in [0.05, 0.1) is 12.5 Å². The standard InChI is InChI=1S/C18H25NO2/c1-2-21-18(20)17-11-14-19(15-12-17)13-7-6-10-16-8-4-3-5-9-16/h3-6,8-10,17H,2,7,11-15H2,1H3. The summed E-state index contributed by atoms with van der Waals surface area (Å²) >= 11 is 0. The molecule has 0 atom stereocenters. The van der Waals surface area contributed by atoms with Gasteiger partial charge in [0.2, 0.25) is 0 Å². The van der Waals surface area contributed by atoms with Crippen LogP contribution in [0.15, 0.2) is 36.4 Å². The number of hydrogen-bond acceptors (Lipinski definition) is 3. The van der Waals surface area contributed by atoms with Crippen molar-refractivity contribution in [1.29, 1.82) is 0 Å². The molecule has 1 aromatic carbocycles. The van der Waals surface area contributed by atoms with E-state index in [1.807, 2.05) is 13.0 Å². The Morgan fingerprint density at radius 1 is 1.29 bits per heavy atom. The van der Waals surface area contributed by atoms with Crippen molar-refractivity contribution in [2.75, 3.05) is 26.2 Å². The number of hydrogen-bond donors (Lipinski definition) is 0. The molecule has 0 saturated carbocycles. The summed E-state index contributed by atoms with van der Waals surface area (Å²) in [5, 5.41) is 0. The van der Waals surface area contributed by atoms with E-state index in [1.165, 1.54) is 5.56 Å². The highest BCUT2D eigenvalue weighted by Crippen LogP contribution is 2.18. The van der Waals surface area contributed by atoms with Gasteiger partial charge in [-0.05, 0) is 44.8 Å². The maximum absolute atomic E-state index is 11.7. The lowest BCUT2D eigenvalue weighted by Gasteiger charge is -2.30. The fraction of sp³-hybridized carbons (Fsp3) is 0.500. The van der Waals surface area contributed by atoms with E-state index in [2.05, 4.69) is 41.3 Å². The summed E-state index contributed by atoms with van der Waals surface area (Å²) in [7, 11) is 0. The molecule has 1 heterocycles. The van der Waals surface area contributed by atoms with Crippen molar-refractivity contribution in [2.24, 2.45) is 5.92 Å². The number of nitrogens with zero attached hydrogens (tertiary/aromatic N) is 1. The molecule has 0 N–H and O–H groups in total. The van der Waals surface area contributed by atoms with Gasteiger partial charge in [-0.2, -0.15) is 0 Å². The molecule has 0 aromatic heterocycles. The average molecular weight is 287 g/mol. The van der Waals surface area contributed by atoms with Gasteiger partial charge in [0.25, 0.3) is 0 Å². The Bertz CT molecular complexity index is 448. The second kappa shape index (κ2) is 8.63.